The number of amides is 1. The SMILES string of the molecule is Cn1ccnc1C(=O)c1ccc(NC(=O)c2cccc(OC(F)F)c2)cc1. The van der Waals surface area contributed by atoms with Gasteiger partial charge >= 0.3 is 6.61 Å². The molecule has 6 nitrogen and oxygen atoms in total. The Bertz CT molecular complexity index is 968. The topological polar surface area (TPSA) is 73.2 Å². The van der Waals surface area contributed by atoms with E-state index in [-0.39, 0.29) is 17.1 Å². The highest BCUT2D eigenvalue weighted by molar-refractivity contribution is 6.07. The minimum Gasteiger partial charge on any atom is -0.435 e. The van der Waals surface area contributed by atoms with Crippen LogP contribution in [-0.2, 0) is 7.05 Å². The lowest BCUT2D eigenvalue weighted by Gasteiger charge is -2.08. The molecule has 0 spiro atoms. The van der Waals surface area contributed by atoms with Crippen molar-refractivity contribution in [1.82, 2.24) is 9.55 Å². The van der Waals surface area contributed by atoms with Gasteiger partial charge in [0, 0.05) is 36.3 Å². The fourth-order valence-electron chi connectivity index (χ4n) is 2.44. The van der Waals surface area contributed by atoms with Crippen LogP contribution >= 0.6 is 0 Å². The normalized spacial score (nSPS) is 10.7. The number of anilines is 1. The van der Waals surface area contributed by atoms with Crippen molar-refractivity contribution in [1.29, 1.82) is 0 Å². The van der Waals surface area contributed by atoms with Crippen molar-refractivity contribution in [2.24, 2.45) is 7.05 Å². The number of ether oxygens (including phenoxy) is 1. The molecular formula is C19H15F2N3O3. The van der Waals surface area contributed by atoms with Crippen LogP contribution in [0.25, 0.3) is 0 Å². The van der Waals surface area contributed by atoms with Crippen LogP contribution in [0.3, 0.4) is 0 Å². The van der Waals surface area contributed by atoms with Crippen LogP contribution in [0.5, 0.6) is 5.75 Å². The maximum absolute atomic E-state index is 12.4. The molecule has 0 atom stereocenters. The Kier molecular flexibility index (Phi) is 5.25. The first-order chi connectivity index (χ1) is 12.9. The first kappa shape index (κ1) is 18.2. The predicted molar refractivity (Wildman–Crippen MR) is 94.1 cm³/mol. The lowest BCUT2D eigenvalue weighted by atomic mass is 10.1. The summed E-state index contributed by atoms with van der Waals surface area (Å²) in [5.41, 5.74) is 1.05. The van der Waals surface area contributed by atoms with Gasteiger partial charge in [-0.1, -0.05) is 6.07 Å². The van der Waals surface area contributed by atoms with Crippen molar-refractivity contribution < 1.29 is 23.1 Å². The molecule has 1 N–H and O–H groups in total. The summed E-state index contributed by atoms with van der Waals surface area (Å²) >= 11 is 0. The number of nitrogens with one attached hydrogen (secondary N) is 1. The molecule has 3 rings (SSSR count). The summed E-state index contributed by atoms with van der Waals surface area (Å²) in [6.07, 6.45) is 3.21. The van der Waals surface area contributed by atoms with Crippen molar-refractivity contribution in [3.8, 4) is 5.75 Å². The number of benzene rings is 2. The third-order valence-corrected chi connectivity index (χ3v) is 3.75. The van der Waals surface area contributed by atoms with E-state index >= 15 is 0 Å². The average Bonchev–Trinajstić information content (AvgIpc) is 3.07. The molecule has 0 unspecified atom stereocenters. The molecule has 8 heteroatoms. The number of aryl methyl sites for hydroxylation is 1. The number of nitrogens with zero attached hydrogens (tertiary/aromatic N) is 2. The average molecular weight is 371 g/mol. The summed E-state index contributed by atoms with van der Waals surface area (Å²) in [5, 5.41) is 2.64. The van der Waals surface area contributed by atoms with E-state index < -0.39 is 12.5 Å². The lowest BCUT2D eigenvalue weighted by Crippen LogP contribution is -2.13. The number of ketones is 1. The summed E-state index contributed by atoms with van der Waals surface area (Å²) in [4.78, 5) is 28.6. The Morgan fingerprint density at radius 2 is 1.85 bits per heavy atom. The quantitative estimate of drug-likeness (QED) is 0.673. The molecule has 1 heterocycles. The molecule has 138 valence electrons. The van der Waals surface area contributed by atoms with Crippen molar-refractivity contribution in [2.45, 2.75) is 6.61 Å². The number of imidazole rings is 1. The van der Waals surface area contributed by atoms with Gasteiger partial charge in [0.05, 0.1) is 0 Å². The van der Waals surface area contributed by atoms with Gasteiger partial charge in [-0.2, -0.15) is 8.78 Å². The highest BCUT2D eigenvalue weighted by Gasteiger charge is 2.14. The van der Waals surface area contributed by atoms with Crippen molar-refractivity contribution >= 4 is 17.4 Å². The van der Waals surface area contributed by atoms with Gasteiger partial charge in [-0.25, -0.2) is 4.98 Å². The third-order valence-electron chi connectivity index (χ3n) is 3.75. The van der Waals surface area contributed by atoms with Gasteiger partial charge < -0.3 is 14.6 Å². The van der Waals surface area contributed by atoms with Gasteiger partial charge in [0.15, 0.2) is 5.82 Å². The van der Waals surface area contributed by atoms with Crippen LogP contribution in [0, 0.1) is 0 Å². The zero-order valence-corrected chi connectivity index (χ0v) is 14.2. The summed E-state index contributed by atoms with van der Waals surface area (Å²) in [6.45, 7) is -2.97. The molecule has 1 amide bonds. The van der Waals surface area contributed by atoms with Gasteiger partial charge in [-0.05, 0) is 42.5 Å². The number of carbonyl (C=O) groups is 2. The fraction of sp³-hybridized carbons (Fsp3) is 0.105. The van der Waals surface area contributed by atoms with Crippen LogP contribution in [0.1, 0.15) is 26.5 Å². The number of rotatable bonds is 6. The fourth-order valence-corrected chi connectivity index (χ4v) is 2.44. The van der Waals surface area contributed by atoms with Gasteiger partial charge in [0.1, 0.15) is 5.75 Å². The van der Waals surface area contributed by atoms with Gasteiger partial charge in [-0.15, -0.1) is 0 Å². The zero-order chi connectivity index (χ0) is 19.4. The molecule has 0 radical (unpaired) electrons. The number of aromatic nitrogens is 2. The summed E-state index contributed by atoms with van der Waals surface area (Å²) in [7, 11) is 1.72. The first-order valence-electron chi connectivity index (χ1n) is 7.92. The van der Waals surface area contributed by atoms with E-state index in [1.165, 1.54) is 30.5 Å². The Hall–Kier alpha value is -3.55. The monoisotopic (exact) mass is 371 g/mol. The van der Waals surface area contributed by atoms with E-state index in [0.717, 1.165) is 0 Å². The van der Waals surface area contributed by atoms with Crippen molar-refractivity contribution in [3.63, 3.8) is 0 Å². The largest absolute Gasteiger partial charge is 0.435 e. The maximum Gasteiger partial charge on any atom is 0.387 e. The highest BCUT2D eigenvalue weighted by atomic mass is 19.3. The predicted octanol–water partition coefficient (Wildman–Crippen LogP) is 3.50. The van der Waals surface area contributed by atoms with Gasteiger partial charge in [0.2, 0.25) is 5.78 Å². The summed E-state index contributed by atoms with van der Waals surface area (Å²) in [6, 6.07) is 11.8. The summed E-state index contributed by atoms with van der Waals surface area (Å²) < 4.78 is 30.4. The molecule has 0 bridgehead atoms. The van der Waals surface area contributed by atoms with Crippen LogP contribution in [-0.4, -0.2) is 27.9 Å². The third kappa shape index (κ3) is 4.35. The smallest absolute Gasteiger partial charge is 0.387 e. The lowest BCUT2D eigenvalue weighted by molar-refractivity contribution is -0.0498. The van der Waals surface area contributed by atoms with E-state index in [2.05, 4.69) is 15.0 Å². The Morgan fingerprint density at radius 1 is 1.11 bits per heavy atom. The first-order valence-corrected chi connectivity index (χ1v) is 7.92. The highest BCUT2D eigenvalue weighted by Crippen LogP contribution is 2.18. The molecule has 0 aliphatic carbocycles. The molecule has 27 heavy (non-hydrogen) atoms. The number of hydrogen-bond donors (Lipinski definition) is 1. The molecule has 3 aromatic rings. The molecule has 0 saturated heterocycles. The Labute approximate surface area is 153 Å². The number of alkyl halides is 2. The Morgan fingerprint density at radius 3 is 2.48 bits per heavy atom. The van der Waals surface area contributed by atoms with E-state index in [1.807, 2.05) is 0 Å². The van der Waals surface area contributed by atoms with Crippen LogP contribution in [0.2, 0.25) is 0 Å². The zero-order valence-electron chi connectivity index (χ0n) is 14.2. The maximum atomic E-state index is 12.4. The second kappa shape index (κ2) is 7.77. The standard InChI is InChI=1S/C19H15F2N3O3/c1-24-10-9-22-17(24)16(25)12-5-7-14(8-6-12)23-18(26)13-3-2-4-15(11-13)27-19(20)21/h2-11,19H,1H3,(H,23,26). The van der Waals surface area contributed by atoms with Gasteiger partial charge in [0.25, 0.3) is 5.91 Å². The summed E-state index contributed by atoms with van der Waals surface area (Å²) in [5.74, 6) is -0.522. The number of hydrogen-bond acceptors (Lipinski definition) is 4. The molecule has 0 saturated carbocycles. The van der Waals surface area contributed by atoms with Crippen LogP contribution in [0.15, 0.2) is 60.9 Å². The van der Waals surface area contributed by atoms with E-state index in [0.29, 0.717) is 17.1 Å². The minimum atomic E-state index is -2.97. The number of carbonyl (C=O) groups excluding carboxylic acids is 2. The number of halogens is 2. The van der Waals surface area contributed by atoms with E-state index in [9.17, 15) is 18.4 Å². The van der Waals surface area contributed by atoms with Crippen molar-refractivity contribution in [3.05, 3.63) is 77.9 Å². The second-order valence-electron chi connectivity index (χ2n) is 5.63. The Balaban J connectivity index is 1.70. The molecule has 1 aromatic heterocycles. The van der Waals surface area contributed by atoms with E-state index in [1.54, 1.807) is 42.1 Å². The van der Waals surface area contributed by atoms with Crippen LogP contribution < -0.4 is 10.1 Å². The molecule has 0 fully saturated rings. The molecule has 0 aliphatic heterocycles. The van der Waals surface area contributed by atoms with Crippen molar-refractivity contribution in [2.75, 3.05) is 5.32 Å². The molecular weight excluding hydrogens is 356 g/mol. The molecule has 0 aliphatic rings. The minimum absolute atomic E-state index is 0.103. The second-order valence-corrected chi connectivity index (χ2v) is 5.63. The van der Waals surface area contributed by atoms with Gasteiger partial charge in [-0.3, -0.25) is 9.59 Å². The van der Waals surface area contributed by atoms with Crippen LogP contribution in [0.4, 0.5) is 14.5 Å². The molecule has 2 aromatic carbocycles. The van der Waals surface area contributed by atoms with E-state index in [4.69, 9.17) is 0 Å².